The maximum absolute atomic E-state index is 13.8. The molecule has 41 heavy (non-hydrogen) atoms. The van der Waals surface area contributed by atoms with Gasteiger partial charge >= 0.3 is 5.97 Å². The van der Waals surface area contributed by atoms with E-state index in [-0.39, 0.29) is 35.8 Å². The summed E-state index contributed by atoms with van der Waals surface area (Å²) in [5, 5.41) is 12.5. The van der Waals surface area contributed by atoms with E-state index in [9.17, 15) is 19.5 Å². The average molecular weight is 586 g/mol. The molecule has 1 aromatic carbocycles. The molecule has 0 atom stereocenters. The Hall–Kier alpha value is -3.86. The number of Topliss-reactive ketones (excluding diaryl/α,β-unsaturated/α-hetero) is 1. The number of aliphatic carboxylic acids is 1. The molecular formula is C29H36ClN5O6. The van der Waals surface area contributed by atoms with Gasteiger partial charge in [-0.15, -0.1) is 0 Å². The highest BCUT2D eigenvalue weighted by atomic mass is 35.5. The first-order valence-corrected chi connectivity index (χ1v) is 13.8. The van der Waals surface area contributed by atoms with E-state index in [4.69, 9.17) is 21.3 Å². The van der Waals surface area contributed by atoms with Gasteiger partial charge in [-0.3, -0.25) is 9.59 Å². The minimum Gasteiger partial charge on any atom is -0.491 e. The number of carboxylic acids is 1. The third-order valence-electron chi connectivity index (χ3n) is 7.35. The van der Waals surface area contributed by atoms with Crippen molar-refractivity contribution in [2.45, 2.75) is 59.0 Å². The van der Waals surface area contributed by atoms with Gasteiger partial charge in [-0.2, -0.15) is 4.51 Å². The van der Waals surface area contributed by atoms with Crippen molar-refractivity contribution in [3.8, 4) is 11.5 Å². The first-order chi connectivity index (χ1) is 19.2. The number of ketones is 1. The molecule has 0 fully saturated rings. The molecule has 220 valence electrons. The number of nitrogens with zero attached hydrogens (tertiary/aromatic N) is 4. The lowest BCUT2D eigenvalue weighted by Crippen LogP contribution is -2.53. The van der Waals surface area contributed by atoms with Gasteiger partial charge in [0.25, 0.3) is 5.91 Å². The summed E-state index contributed by atoms with van der Waals surface area (Å²) in [6.45, 7) is 12.4. The minimum absolute atomic E-state index is 0.0766. The van der Waals surface area contributed by atoms with Gasteiger partial charge in [0.1, 0.15) is 23.6 Å². The summed E-state index contributed by atoms with van der Waals surface area (Å²) in [6, 6.07) is 5.24. The number of carbonyl (C=O) groups is 3. The zero-order valence-electron chi connectivity index (χ0n) is 24.4. The Balaban J connectivity index is 1.73. The Kier molecular flexibility index (Phi) is 8.22. The number of rotatable bonds is 8. The van der Waals surface area contributed by atoms with Crippen molar-refractivity contribution in [2.24, 2.45) is 4.51 Å². The Morgan fingerprint density at radius 2 is 1.90 bits per heavy atom. The highest BCUT2D eigenvalue weighted by molar-refractivity contribution is 6.23. The molecule has 11 nitrogen and oxygen atoms in total. The van der Waals surface area contributed by atoms with Crippen LogP contribution in [0.4, 0.5) is 5.69 Å². The standard InChI is InChI=1S/C29H36ClN5O6/c1-8-40-21-13-17-14-34(25(33-30)22(17)32-23(21)26(37)31-7)15-20(36)16-11-18(28(2,3)4)24-19(12-16)35(9-10-41-24)29(5,6)27(38)39/h11-13H,8-10,14-15H2,1-7H3,(H,31,37)(H,38,39)/b33-25-. The Morgan fingerprint density at radius 1 is 1.20 bits per heavy atom. The number of anilines is 1. The molecule has 12 heteroatoms. The zero-order chi connectivity index (χ0) is 30.3. The Bertz CT molecular complexity index is 1430. The third-order valence-corrected chi connectivity index (χ3v) is 7.51. The molecule has 0 bridgehead atoms. The fourth-order valence-electron chi connectivity index (χ4n) is 5.05. The van der Waals surface area contributed by atoms with Gasteiger partial charge in [0, 0.05) is 42.1 Å². The molecule has 0 saturated carbocycles. The van der Waals surface area contributed by atoms with Crippen LogP contribution in [0.5, 0.6) is 11.5 Å². The number of carboxylic acid groups (broad SMARTS) is 1. The van der Waals surface area contributed by atoms with E-state index in [1.54, 1.807) is 35.8 Å². The first kappa shape index (κ1) is 30.1. The molecule has 0 radical (unpaired) electrons. The number of hydrogen-bond donors (Lipinski definition) is 2. The molecule has 0 unspecified atom stereocenters. The number of aromatic nitrogens is 1. The summed E-state index contributed by atoms with van der Waals surface area (Å²) < 4.78 is 15.6. The molecule has 1 amide bonds. The number of amidine groups is 1. The predicted octanol–water partition coefficient (Wildman–Crippen LogP) is 3.80. The smallest absolute Gasteiger partial charge is 0.328 e. The number of halogens is 1. The summed E-state index contributed by atoms with van der Waals surface area (Å²) in [4.78, 5) is 46.4. The molecule has 0 aliphatic carbocycles. The van der Waals surface area contributed by atoms with Gasteiger partial charge in [0.05, 0.1) is 25.4 Å². The van der Waals surface area contributed by atoms with E-state index in [2.05, 4.69) is 14.8 Å². The largest absolute Gasteiger partial charge is 0.491 e. The number of fused-ring (bicyclic) bond motifs is 2. The van der Waals surface area contributed by atoms with Gasteiger partial charge in [-0.1, -0.05) is 20.8 Å². The van der Waals surface area contributed by atoms with E-state index in [1.807, 2.05) is 33.8 Å². The van der Waals surface area contributed by atoms with E-state index in [1.165, 1.54) is 7.05 Å². The van der Waals surface area contributed by atoms with Gasteiger partial charge in [-0.25, -0.2) is 9.78 Å². The van der Waals surface area contributed by atoms with Crippen LogP contribution >= 0.6 is 11.8 Å². The van der Waals surface area contributed by atoms with E-state index in [0.29, 0.717) is 48.2 Å². The minimum atomic E-state index is -1.23. The number of nitrogens with one attached hydrogen (secondary N) is 1. The number of amides is 1. The van der Waals surface area contributed by atoms with Crippen molar-refractivity contribution in [1.29, 1.82) is 0 Å². The van der Waals surface area contributed by atoms with E-state index < -0.39 is 17.4 Å². The van der Waals surface area contributed by atoms with Crippen LogP contribution in [0, 0.1) is 0 Å². The fraction of sp³-hybridized carbons (Fsp3) is 0.483. The summed E-state index contributed by atoms with van der Waals surface area (Å²) in [5.41, 5.74) is 1.38. The predicted molar refractivity (Wildman–Crippen MR) is 156 cm³/mol. The van der Waals surface area contributed by atoms with Crippen LogP contribution in [-0.2, 0) is 16.8 Å². The van der Waals surface area contributed by atoms with Gasteiger partial charge < -0.3 is 29.7 Å². The normalized spacial score (nSPS) is 15.8. The first-order valence-electron chi connectivity index (χ1n) is 13.4. The van der Waals surface area contributed by atoms with Crippen LogP contribution in [0.2, 0.25) is 0 Å². The number of hydrogen-bond acceptors (Lipinski definition) is 8. The van der Waals surface area contributed by atoms with Crippen LogP contribution in [-0.4, -0.2) is 77.4 Å². The number of benzene rings is 1. The monoisotopic (exact) mass is 585 g/mol. The van der Waals surface area contributed by atoms with Gasteiger partial charge in [-0.05, 0) is 44.4 Å². The second-order valence-electron chi connectivity index (χ2n) is 11.5. The molecule has 2 aliphatic rings. The van der Waals surface area contributed by atoms with Gasteiger partial charge in [0.15, 0.2) is 23.1 Å². The lowest BCUT2D eigenvalue weighted by molar-refractivity contribution is -0.142. The molecule has 0 spiro atoms. The van der Waals surface area contributed by atoms with Crippen molar-refractivity contribution >= 4 is 41.0 Å². The summed E-state index contributed by atoms with van der Waals surface area (Å²) in [7, 11) is 1.50. The molecule has 1 aromatic heterocycles. The van der Waals surface area contributed by atoms with Crippen molar-refractivity contribution in [2.75, 3.05) is 38.3 Å². The van der Waals surface area contributed by atoms with Crippen LogP contribution in [0.1, 0.15) is 79.2 Å². The summed E-state index contributed by atoms with van der Waals surface area (Å²) in [6.07, 6.45) is 0. The topological polar surface area (TPSA) is 134 Å². The molecular weight excluding hydrogens is 550 g/mol. The van der Waals surface area contributed by atoms with Crippen LogP contribution in [0.15, 0.2) is 22.7 Å². The lowest BCUT2D eigenvalue weighted by atomic mass is 9.83. The third kappa shape index (κ3) is 5.55. The fourth-order valence-corrected chi connectivity index (χ4v) is 5.24. The number of carbonyl (C=O) groups excluding carboxylic acids is 2. The van der Waals surface area contributed by atoms with Gasteiger partial charge in [0.2, 0.25) is 0 Å². The Labute approximate surface area is 244 Å². The van der Waals surface area contributed by atoms with E-state index in [0.717, 1.165) is 11.1 Å². The molecule has 2 aliphatic heterocycles. The number of pyridine rings is 1. The zero-order valence-corrected chi connectivity index (χ0v) is 25.2. The molecule has 0 saturated heterocycles. The molecule has 4 rings (SSSR count). The van der Waals surface area contributed by atoms with Crippen molar-refractivity contribution in [3.63, 3.8) is 0 Å². The van der Waals surface area contributed by atoms with Crippen LogP contribution < -0.4 is 19.7 Å². The van der Waals surface area contributed by atoms with Crippen molar-refractivity contribution < 1.29 is 29.0 Å². The second kappa shape index (κ2) is 11.2. The second-order valence-corrected chi connectivity index (χ2v) is 11.7. The van der Waals surface area contributed by atoms with Crippen LogP contribution in [0.25, 0.3) is 0 Å². The van der Waals surface area contributed by atoms with E-state index >= 15 is 0 Å². The summed E-state index contributed by atoms with van der Waals surface area (Å²) in [5.74, 6) is -0.431. The van der Waals surface area contributed by atoms with Crippen molar-refractivity contribution in [1.82, 2.24) is 15.2 Å². The quantitative estimate of drug-likeness (QED) is 0.444. The molecule has 2 N–H and O–H groups in total. The maximum Gasteiger partial charge on any atom is 0.328 e. The number of ether oxygens (including phenoxy) is 2. The average Bonchev–Trinajstić information content (AvgIpc) is 3.26. The van der Waals surface area contributed by atoms with Crippen molar-refractivity contribution in [3.05, 3.63) is 46.3 Å². The highest BCUT2D eigenvalue weighted by Crippen LogP contribution is 2.44. The maximum atomic E-state index is 13.8. The molecule has 2 aromatic rings. The lowest BCUT2D eigenvalue weighted by Gasteiger charge is -2.42. The summed E-state index contributed by atoms with van der Waals surface area (Å²) >= 11 is 5.99. The Morgan fingerprint density at radius 3 is 2.49 bits per heavy atom. The van der Waals surface area contributed by atoms with Crippen LogP contribution in [0.3, 0.4) is 0 Å². The molecule has 3 heterocycles. The SMILES string of the molecule is CCOc1cc2c(nc1C(=O)NC)/C(=N/Cl)N(CC(=O)c1cc3c(c(C(C)(C)C)c1)OCCN3C(C)(C)C(=O)O)C2. The highest BCUT2D eigenvalue weighted by Gasteiger charge is 2.40.